The molecule has 0 fully saturated rings. The van der Waals surface area contributed by atoms with Gasteiger partial charge in [0.25, 0.3) is 0 Å². The van der Waals surface area contributed by atoms with Crippen molar-refractivity contribution < 1.29 is 9.13 Å². The number of ether oxygens (including phenoxy) is 1. The van der Waals surface area contributed by atoms with Crippen LogP contribution in [0.15, 0.2) is 42.5 Å². The van der Waals surface area contributed by atoms with Gasteiger partial charge >= 0.3 is 0 Å². The Morgan fingerprint density at radius 2 is 1.38 bits per heavy atom. The van der Waals surface area contributed by atoms with Gasteiger partial charge in [-0.2, -0.15) is 0 Å². The van der Waals surface area contributed by atoms with E-state index in [1.807, 2.05) is 6.07 Å². The van der Waals surface area contributed by atoms with Crippen LogP contribution in [0.4, 0.5) is 4.39 Å². The standard InChI is InChI=1S/C24H33FO/c1-3-5-7-8-9-11-20-12-14-21(15-13-20)22-16-17-24(23(25)19-22)26-18-10-6-4-2/h12-17,19H,3-11,18H2,1-2H3. The van der Waals surface area contributed by atoms with Crippen LogP contribution < -0.4 is 4.74 Å². The third-order valence-electron chi connectivity index (χ3n) is 4.79. The molecule has 0 bridgehead atoms. The first kappa shape index (κ1) is 20.5. The zero-order valence-corrected chi connectivity index (χ0v) is 16.4. The molecule has 0 radical (unpaired) electrons. The molecule has 2 rings (SSSR count). The second kappa shape index (κ2) is 11.7. The lowest BCUT2D eigenvalue weighted by Gasteiger charge is -2.09. The van der Waals surface area contributed by atoms with Crippen LogP contribution in [0, 0.1) is 5.82 Å². The summed E-state index contributed by atoms with van der Waals surface area (Å²) in [6.07, 6.45) is 10.9. The summed E-state index contributed by atoms with van der Waals surface area (Å²) in [6.45, 7) is 4.97. The van der Waals surface area contributed by atoms with Crippen LogP contribution in [0.25, 0.3) is 11.1 Å². The Labute approximate surface area is 158 Å². The van der Waals surface area contributed by atoms with Crippen LogP contribution in [0.5, 0.6) is 5.75 Å². The number of hydrogen-bond donors (Lipinski definition) is 0. The van der Waals surface area contributed by atoms with E-state index in [9.17, 15) is 4.39 Å². The highest BCUT2D eigenvalue weighted by molar-refractivity contribution is 5.64. The van der Waals surface area contributed by atoms with Gasteiger partial charge in [-0.05, 0) is 48.1 Å². The van der Waals surface area contributed by atoms with Gasteiger partial charge in [-0.15, -0.1) is 0 Å². The van der Waals surface area contributed by atoms with Crippen molar-refractivity contribution in [2.24, 2.45) is 0 Å². The molecule has 0 spiro atoms. The van der Waals surface area contributed by atoms with Gasteiger partial charge in [-0.1, -0.05) is 82.7 Å². The first-order valence-corrected chi connectivity index (χ1v) is 10.3. The highest BCUT2D eigenvalue weighted by Gasteiger charge is 2.06. The van der Waals surface area contributed by atoms with Crippen LogP contribution in [-0.4, -0.2) is 6.61 Å². The number of hydrogen-bond acceptors (Lipinski definition) is 1. The number of rotatable bonds is 12. The van der Waals surface area contributed by atoms with E-state index in [1.165, 1.54) is 37.7 Å². The van der Waals surface area contributed by atoms with E-state index in [4.69, 9.17) is 4.74 Å². The molecule has 142 valence electrons. The summed E-state index contributed by atoms with van der Waals surface area (Å²) >= 11 is 0. The zero-order valence-electron chi connectivity index (χ0n) is 16.4. The van der Waals surface area contributed by atoms with E-state index < -0.39 is 0 Å². The predicted octanol–water partition coefficient (Wildman–Crippen LogP) is 7.57. The number of unbranched alkanes of at least 4 members (excludes halogenated alkanes) is 6. The Kier molecular flexibility index (Phi) is 9.23. The number of halogens is 1. The van der Waals surface area contributed by atoms with Gasteiger partial charge in [0.15, 0.2) is 11.6 Å². The molecule has 0 unspecified atom stereocenters. The summed E-state index contributed by atoms with van der Waals surface area (Å²) in [5.41, 5.74) is 3.32. The van der Waals surface area contributed by atoms with Crippen molar-refractivity contribution in [1.29, 1.82) is 0 Å². The summed E-state index contributed by atoms with van der Waals surface area (Å²) < 4.78 is 19.8. The highest BCUT2D eigenvalue weighted by atomic mass is 19.1. The van der Waals surface area contributed by atoms with Crippen LogP contribution in [0.2, 0.25) is 0 Å². The molecule has 0 saturated carbocycles. The van der Waals surface area contributed by atoms with Gasteiger partial charge < -0.3 is 4.74 Å². The Balaban J connectivity index is 1.88. The third kappa shape index (κ3) is 6.82. The molecule has 0 N–H and O–H groups in total. The van der Waals surface area contributed by atoms with Crippen LogP contribution >= 0.6 is 0 Å². The first-order valence-electron chi connectivity index (χ1n) is 10.3. The molecule has 2 heteroatoms. The Hall–Kier alpha value is -1.83. The molecule has 0 aliphatic carbocycles. The van der Waals surface area contributed by atoms with E-state index >= 15 is 0 Å². The number of aryl methyl sites for hydroxylation is 1. The van der Waals surface area contributed by atoms with Crippen molar-refractivity contribution in [3.05, 3.63) is 53.8 Å². The van der Waals surface area contributed by atoms with Gasteiger partial charge in [-0.25, -0.2) is 4.39 Å². The highest BCUT2D eigenvalue weighted by Crippen LogP contribution is 2.26. The molecule has 0 aliphatic heterocycles. The summed E-state index contributed by atoms with van der Waals surface area (Å²) in [7, 11) is 0. The van der Waals surface area contributed by atoms with Gasteiger partial charge in [0.1, 0.15) is 0 Å². The Morgan fingerprint density at radius 1 is 0.731 bits per heavy atom. The fourth-order valence-electron chi connectivity index (χ4n) is 3.13. The molecule has 2 aromatic carbocycles. The molecular formula is C24H33FO. The topological polar surface area (TPSA) is 9.23 Å². The summed E-state index contributed by atoms with van der Waals surface area (Å²) in [5, 5.41) is 0. The molecule has 0 aliphatic rings. The molecule has 0 aromatic heterocycles. The van der Waals surface area contributed by atoms with E-state index in [2.05, 4.69) is 38.1 Å². The summed E-state index contributed by atoms with van der Waals surface area (Å²) in [4.78, 5) is 0. The Bertz CT molecular complexity index is 633. The van der Waals surface area contributed by atoms with Crippen LogP contribution in [0.1, 0.15) is 70.8 Å². The molecule has 1 nitrogen and oxygen atoms in total. The molecule has 2 aromatic rings. The van der Waals surface area contributed by atoms with Crippen molar-refractivity contribution in [2.75, 3.05) is 6.61 Å². The fourth-order valence-corrected chi connectivity index (χ4v) is 3.13. The molecule has 26 heavy (non-hydrogen) atoms. The van der Waals surface area contributed by atoms with Crippen LogP contribution in [0.3, 0.4) is 0 Å². The van der Waals surface area contributed by atoms with Gasteiger partial charge in [-0.3, -0.25) is 0 Å². The maximum absolute atomic E-state index is 14.3. The molecule has 0 atom stereocenters. The second-order valence-corrected chi connectivity index (χ2v) is 7.06. The summed E-state index contributed by atoms with van der Waals surface area (Å²) in [6, 6.07) is 13.8. The van der Waals surface area contributed by atoms with E-state index in [0.29, 0.717) is 12.4 Å². The molecule has 0 saturated heterocycles. The quantitative estimate of drug-likeness (QED) is 0.356. The lowest BCUT2D eigenvalue weighted by atomic mass is 10.0. The van der Waals surface area contributed by atoms with Gasteiger partial charge in [0.05, 0.1) is 6.61 Å². The monoisotopic (exact) mass is 356 g/mol. The fraction of sp³-hybridized carbons (Fsp3) is 0.500. The van der Waals surface area contributed by atoms with Crippen molar-refractivity contribution in [3.8, 4) is 16.9 Å². The minimum atomic E-state index is -0.279. The predicted molar refractivity (Wildman–Crippen MR) is 109 cm³/mol. The first-order chi connectivity index (χ1) is 12.7. The molecular weight excluding hydrogens is 323 g/mol. The van der Waals surface area contributed by atoms with Gasteiger partial charge in [0, 0.05) is 0 Å². The average molecular weight is 357 g/mol. The van der Waals surface area contributed by atoms with Crippen molar-refractivity contribution in [1.82, 2.24) is 0 Å². The Morgan fingerprint density at radius 3 is 2.08 bits per heavy atom. The average Bonchev–Trinajstić information content (AvgIpc) is 2.66. The normalized spacial score (nSPS) is 10.9. The van der Waals surface area contributed by atoms with E-state index in [0.717, 1.165) is 36.8 Å². The maximum Gasteiger partial charge on any atom is 0.165 e. The van der Waals surface area contributed by atoms with Crippen molar-refractivity contribution in [2.45, 2.75) is 71.6 Å². The van der Waals surface area contributed by atoms with Crippen molar-refractivity contribution >= 4 is 0 Å². The van der Waals surface area contributed by atoms with Crippen molar-refractivity contribution in [3.63, 3.8) is 0 Å². The lowest BCUT2D eigenvalue weighted by molar-refractivity contribution is 0.291. The minimum Gasteiger partial charge on any atom is -0.491 e. The molecule has 0 amide bonds. The minimum absolute atomic E-state index is 0.279. The number of benzene rings is 2. The van der Waals surface area contributed by atoms with Gasteiger partial charge in [0.2, 0.25) is 0 Å². The summed E-state index contributed by atoms with van der Waals surface area (Å²) in [5.74, 6) is 0.0764. The van der Waals surface area contributed by atoms with E-state index in [1.54, 1.807) is 12.1 Å². The largest absolute Gasteiger partial charge is 0.491 e. The zero-order chi connectivity index (χ0) is 18.6. The lowest BCUT2D eigenvalue weighted by Crippen LogP contribution is -1.99. The third-order valence-corrected chi connectivity index (χ3v) is 4.79. The van der Waals surface area contributed by atoms with E-state index in [-0.39, 0.29) is 5.82 Å². The smallest absolute Gasteiger partial charge is 0.165 e. The SMILES string of the molecule is CCCCCCCc1ccc(-c2ccc(OCCCCC)c(F)c2)cc1. The molecule has 0 heterocycles. The second-order valence-electron chi connectivity index (χ2n) is 7.06. The maximum atomic E-state index is 14.3. The van der Waals surface area contributed by atoms with Crippen LogP contribution in [-0.2, 0) is 6.42 Å².